The van der Waals surface area contributed by atoms with Gasteiger partial charge in [0.25, 0.3) is 0 Å². The highest BCUT2D eigenvalue weighted by molar-refractivity contribution is 5.89. The fourth-order valence-electron chi connectivity index (χ4n) is 2.10. The van der Waals surface area contributed by atoms with Gasteiger partial charge in [0.15, 0.2) is 0 Å². The third-order valence-corrected chi connectivity index (χ3v) is 3.05. The number of imidazole rings is 1. The highest BCUT2D eigenvalue weighted by Gasteiger charge is 2.11. The van der Waals surface area contributed by atoms with E-state index in [0.717, 1.165) is 22.4 Å². The summed E-state index contributed by atoms with van der Waals surface area (Å²) >= 11 is 0. The van der Waals surface area contributed by atoms with Crippen molar-refractivity contribution in [3.05, 3.63) is 48.3 Å². The smallest absolute Gasteiger partial charge is 0.335 e. The van der Waals surface area contributed by atoms with Crippen molar-refractivity contribution in [1.82, 2.24) is 14.5 Å². The van der Waals surface area contributed by atoms with E-state index in [0.29, 0.717) is 0 Å². The number of pyridine rings is 1. The van der Waals surface area contributed by atoms with Crippen LogP contribution in [0.25, 0.3) is 22.4 Å². The lowest BCUT2D eigenvalue weighted by atomic mass is 10.1. The summed E-state index contributed by atoms with van der Waals surface area (Å²) in [5, 5.41) is 9.03. The molecular weight excluding hydrogens is 242 g/mol. The molecule has 0 spiro atoms. The van der Waals surface area contributed by atoms with Gasteiger partial charge in [0.1, 0.15) is 11.3 Å². The number of benzene rings is 1. The summed E-state index contributed by atoms with van der Waals surface area (Å²) in [6.45, 7) is 0. The first-order valence-electron chi connectivity index (χ1n) is 5.77. The van der Waals surface area contributed by atoms with Crippen LogP contribution in [0, 0.1) is 0 Å². The Bertz CT molecular complexity index is 777. The Labute approximate surface area is 109 Å². The Hall–Kier alpha value is -2.69. The topological polar surface area (TPSA) is 68.0 Å². The van der Waals surface area contributed by atoms with Crippen molar-refractivity contribution in [3.8, 4) is 11.4 Å². The third kappa shape index (κ3) is 1.85. The molecule has 5 heteroatoms. The zero-order valence-corrected chi connectivity index (χ0v) is 10.2. The number of rotatable bonds is 2. The molecule has 3 aromatic rings. The van der Waals surface area contributed by atoms with E-state index in [2.05, 4.69) is 9.97 Å². The monoisotopic (exact) mass is 253 g/mol. The lowest BCUT2D eigenvalue weighted by Gasteiger charge is -2.03. The van der Waals surface area contributed by atoms with Gasteiger partial charge in [-0.05, 0) is 18.2 Å². The summed E-state index contributed by atoms with van der Waals surface area (Å²) in [7, 11) is 1.90. The molecule has 0 aliphatic rings. The van der Waals surface area contributed by atoms with Crippen LogP contribution in [0.2, 0.25) is 0 Å². The van der Waals surface area contributed by atoms with Gasteiger partial charge < -0.3 is 9.67 Å². The van der Waals surface area contributed by atoms with Crippen LogP contribution < -0.4 is 0 Å². The molecule has 0 aliphatic heterocycles. The molecule has 0 saturated carbocycles. The van der Waals surface area contributed by atoms with E-state index in [-0.39, 0.29) is 5.56 Å². The fraction of sp³-hybridized carbons (Fsp3) is 0.0714. The quantitative estimate of drug-likeness (QED) is 0.761. The first-order chi connectivity index (χ1) is 9.16. The highest BCUT2D eigenvalue weighted by Crippen LogP contribution is 2.23. The summed E-state index contributed by atoms with van der Waals surface area (Å²) in [5.41, 5.74) is 2.78. The zero-order valence-electron chi connectivity index (χ0n) is 10.2. The second kappa shape index (κ2) is 4.20. The van der Waals surface area contributed by atoms with Crippen molar-refractivity contribution in [2.24, 2.45) is 7.05 Å². The van der Waals surface area contributed by atoms with E-state index in [1.54, 1.807) is 30.6 Å². The number of carboxylic acids is 1. The van der Waals surface area contributed by atoms with E-state index in [1.807, 2.05) is 23.7 Å². The molecule has 0 saturated heterocycles. The summed E-state index contributed by atoms with van der Waals surface area (Å²) in [6, 6.07) is 8.64. The van der Waals surface area contributed by atoms with Crippen LogP contribution in [0.1, 0.15) is 10.4 Å². The van der Waals surface area contributed by atoms with Crippen LogP contribution in [0.5, 0.6) is 0 Å². The number of nitrogens with zero attached hydrogens (tertiary/aromatic N) is 3. The van der Waals surface area contributed by atoms with Gasteiger partial charge in [-0.15, -0.1) is 0 Å². The maximum Gasteiger partial charge on any atom is 0.335 e. The van der Waals surface area contributed by atoms with Crippen molar-refractivity contribution >= 4 is 17.0 Å². The molecular formula is C14H11N3O2. The third-order valence-electron chi connectivity index (χ3n) is 3.05. The summed E-state index contributed by atoms with van der Waals surface area (Å²) in [5.74, 6) is -0.214. The molecule has 19 heavy (non-hydrogen) atoms. The van der Waals surface area contributed by atoms with Crippen LogP contribution in [0.15, 0.2) is 42.7 Å². The number of aryl methyl sites for hydroxylation is 1. The molecule has 1 N–H and O–H groups in total. The molecule has 3 rings (SSSR count). The summed E-state index contributed by atoms with van der Waals surface area (Å²) < 4.78 is 1.93. The summed E-state index contributed by atoms with van der Waals surface area (Å²) in [4.78, 5) is 19.5. The molecule has 0 bridgehead atoms. The average Bonchev–Trinajstić information content (AvgIpc) is 2.77. The molecule has 0 atom stereocenters. The van der Waals surface area contributed by atoms with E-state index in [1.165, 1.54) is 0 Å². The van der Waals surface area contributed by atoms with Gasteiger partial charge in [0.05, 0.1) is 17.3 Å². The predicted octanol–water partition coefficient (Wildman–Crippen LogP) is 2.33. The van der Waals surface area contributed by atoms with Crippen LogP contribution in [-0.4, -0.2) is 25.6 Å². The van der Waals surface area contributed by atoms with Crippen molar-refractivity contribution in [2.45, 2.75) is 0 Å². The molecule has 2 aromatic heterocycles. The normalized spacial score (nSPS) is 10.8. The van der Waals surface area contributed by atoms with E-state index in [4.69, 9.17) is 5.11 Å². The molecule has 0 radical (unpaired) electrons. The van der Waals surface area contributed by atoms with Crippen molar-refractivity contribution < 1.29 is 9.90 Å². The van der Waals surface area contributed by atoms with Crippen LogP contribution in [-0.2, 0) is 7.05 Å². The molecule has 0 fully saturated rings. The lowest BCUT2D eigenvalue weighted by molar-refractivity contribution is 0.0697. The minimum atomic E-state index is -0.942. The second-order valence-electron chi connectivity index (χ2n) is 4.24. The minimum Gasteiger partial charge on any atom is -0.478 e. The van der Waals surface area contributed by atoms with Crippen molar-refractivity contribution in [2.75, 3.05) is 0 Å². The fourth-order valence-corrected chi connectivity index (χ4v) is 2.10. The Balaban J connectivity index is 2.21. The van der Waals surface area contributed by atoms with Gasteiger partial charge >= 0.3 is 5.97 Å². The number of aromatic nitrogens is 3. The van der Waals surface area contributed by atoms with Gasteiger partial charge in [-0.1, -0.05) is 12.1 Å². The summed E-state index contributed by atoms with van der Waals surface area (Å²) in [6.07, 6.45) is 3.40. The zero-order chi connectivity index (χ0) is 13.4. The van der Waals surface area contributed by atoms with Crippen molar-refractivity contribution in [3.63, 3.8) is 0 Å². The number of fused-ring (bicyclic) bond motifs is 1. The lowest BCUT2D eigenvalue weighted by Crippen LogP contribution is -1.98. The molecule has 2 heterocycles. The van der Waals surface area contributed by atoms with Gasteiger partial charge in [-0.2, -0.15) is 0 Å². The largest absolute Gasteiger partial charge is 0.478 e. The molecule has 5 nitrogen and oxygen atoms in total. The molecule has 94 valence electrons. The first kappa shape index (κ1) is 11.4. The highest BCUT2D eigenvalue weighted by atomic mass is 16.4. The number of aromatic carboxylic acids is 1. The van der Waals surface area contributed by atoms with Gasteiger partial charge in [0.2, 0.25) is 0 Å². The Morgan fingerprint density at radius 2 is 2.16 bits per heavy atom. The first-order valence-corrected chi connectivity index (χ1v) is 5.77. The maximum atomic E-state index is 11.0. The number of carboxylic acid groups (broad SMARTS) is 1. The van der Waals surface area contributed by atoms with Gasteiger partial charge in [0, 0.05) is 18.8 Å². The van der Waals surface area contributed by atoms with E-state index >= 15 is 0 Å². The van der Waals surface area contributed by atoms with Gasteiger partial charge in [-0.3, -0.25) is 4.98 Å². The van der Waals surface area contributed by atoms with Crippen LogP contribution >= 0.6 is 0 Å². The Morgan fingerprint density at radius 1 is 1.32 bits per heavy atom. The van der Waals surface area contributed by atoms with E-state index in [9.17, 15) is 4.79 Å². The van der Waals surface area contributed by atoms with Crippen LogP contribution in [0.3, 0.4) is 0 Å². The molecule has 0 amide bonds. The van der Waals surface area contributed by atoms with Gasteiger partial charge in [-0.25, -0.2) is 9.78 Å². The Morgan fingerprint density at radius 3 is 2.89 bits per heavy atom. The SMILES string of the molecule is Cn1c(-c2cccc(C(=O)O)c2)nc2cnccc21. The minimum absolute atomic E-state index is 0.252. The molecule has 0 aliphatic carbocycles. The molecule has 1 aromatic carbocycles. The number of hydrogen-bond donors (Lipinski definition) is 1. The van der Waals surface area contributed by atoms with Crippen LogP contribution in [0.4, 0.5) is 0 Å². The maximum absolute atomic E-state index is 11.0. The average molecular weight is 253 g/mol. The number of hydrogen-bond acceptors (Lipinski definition) is 3. The standard InChI is InChI=1S/C14H11N3O2/c1-17-12-5-6-15-8-11(12)16-13(17)9-3-2-4-10(7-9)14(18)19/h2-8H,1H3,(H,18,19). The predicted molar refractivity (Wildman–Crippen MR) is 70.9 cm³/mol. The second-order valence-corrected chi connectivity index (χ2v) is 4.24. The Kier molecular flexibility index (Phi) is 2.52. The number of carbonyl (C=O) groups is 1. The van der Waals surface area contributed by atoms with E-state index < -0.39 is 5.97 Å². The van der Waals surface area contributed by atoms with Crippen molar-refractivity contribution in [1.29, 1.82) is 0 Å². The molecule has 0 unspecified atom stereocenters.